The van der Waals surface area contributed by atoms with E-state index in [1.165, 1.54) is 7.11 Å². The molecule has 3 nitrogen and oxygen atoms in total. The van der Waals surface area contributed by atoms with Crippen LogP contribution in [0.1, 0.15) is 11.1 Å². The van der Waals surface area contributed by atoms with Crippen molar-refractivity contribution < 1.29 is 14.3 Å². The molecule has 16 heavy (non-hydrogen) atoms. The zero-order valence-corrected chi connectivity index (χ0v) is 9.66. The van der Waals surface area contributed by atoms with Gasteiger partial charge >= 0.3 is 5.97 Å². The van der Waals surface area contributed by atoms with Gasteiger partial charge in [-0.2, -0.15) is 0 Å². The molecule has 1 aromatic carbocycles. The molecule has 0 amide bonds. The number of hydrogen-bond donors (Lipinski definition) is 0. The predicted octanol–water partition coefficient (Wildman–Crippen LogP) is 1.72. The fourth-order valence-corrected chi connectivity index (χ4v) is 1.31. The van der Waals surface area contributed by atoms with E-state index in [0.29, 0.717) is 6.42 Å². The van der Waals surface area contributed by atoms with Gasteiger partial charge in [0.15, 0.2) is 0 Å². The highest BCUT2D eigenvalue weighted by Gasteiger charge is 2.01. The number of methoxy groups -OCH3 is 2. The highest BCUT2D eigenvalue weighted by molar-refractivity contribution is 5.88. The van der Waals surface area contributed by atoms with Crippen molar-refractivity contribution in [3.63, 3.8) is 0 Å². The van der Waals surface area contributed by atoms with Gasteiger partial charge in [-0.3, -0.25) is 0 Å². The van der Waals surface area contributed by atoms with Crippen molar-refractivity contribution >= 4 is 5.97 Å². The van der Waals surface area contributed by atoms with Gasteiger partial charge in [0.2, 0.25) is 0 Å². The number of aryl methyl sites for hydroxylation is 1. The average Bonchev–Trinajstić information content (AvgIpc) is 2.29. The minimum absolute atomic E-state index is 0.472. The Morgan fingerprint density at radius 3 is 2.75 bits per heavy atom. The van der Waals surface area contributed by atoms with Crippen LogP contribution in [-0.2, 0) is 16.0 Å². The summed E-state index contributed by atoms with van der Waals surface area (Å²) in [4.78, 5) is 10.8. The zero-order valence-electron chi connectivity index (χ0n) is 9.66. The minimum Gasteiger partial charge on any atom is -0.496 e. The van der Waals surface area contributed by atoms with E-state index in [0.717, 1.165) is 16.9 Å². The molecule has 0 unspecified atom stereocenters. The van der Waals surface area contributed by atoms with Crippen molar-refractivity contribution in [2.45, 2.75) is 13.3 Å². The van der Waals surface area contributed by atoms with Crippen LogP contribution in [-0.4, -0.2) is 20.2 Å². The first-order valence-corrected chi connectivity index (χ1v) is 4.87. The van der Waals surface area contributed by atoms with E-state index in [-0.39, 0.29) is 0 Å². The third kappa shape index (κ3) is 3.32. The molecule has 1 aromatic rings. The lowest BCUT2D eigenvalue weighted by molar-refractivity contribution is -0.133. The first-order chi connectivity index (χ1) is 7.67. The topological polar surface area (TPSA) is 35.5 Å². The van der Waals surface area contributed by atoms with Gasteiger partial charge in [-0.25, -0.2) is 4.79 Å². The SMILES string of the molecule is COC(=O)C#CCc1cc(C)ccc1OC. The molecule has 0 aromatic heterocycles. The van der Waals surface area contributed by atoms with Gasteiger partial charge in [-0.05, 0) is 13.0 Å². The maximum absolute atomic E-state index is 10.8. The molecule has 0 aliphatic rings. The molecule has 0 heterocycles. The second-order valence-electron chi connectivity index (χ2n) is 3.29. The summed E-state index contributed by atoms with van der Waals surface area (Å²) in [6, 6.07) is 5.85. The first kappa shape index (κ1) is 12.1. The fourth-order valence-electron chi connectivity index (χ4n) is 1.31. The molecule has 1 rings (SSSR count). The molecule has 0 saturated carbocycles. The summed E-state index contributed by atoms with van der Waals surface area (Å²) in [7, 11) is 2.92. The molecule has 0 aliphatic heterocycles. The quantitative estimate of drug-likeness (QED) is 0.431. The van der Waals surface area contributed by atoms with Crippen LogP contribution in [0.2, 0.25) is 0 Å². The summed E-state index contributed by atoms with van der Waals surface area (Å²) in [5.74, 6) is 5.40. The van der Waals surface area contributed by atoms with Gasteiger partial charge in [0.05, 0.1) is 14.2 Å². The van der Waals surface area contributed by atoms with Crippen LogP contribution in [0.5, 0.6) is 5.75 Å². The maximum Gasteiger partial charge on any atom is 0.384 e. The van der Waals surface area contributed by atoms with Crippen LogP contribution < -0.4 is 4.74 Å². The highest BCUT2D eigenvalue weighted by atomic mass is 16.5. The number of esters is 1. The number of ether oxygens (including phenoxy) is 2. The van der Waals surface area contributed by atoms with Crippen molar-refractivity contribution in [1.82, 2.24) is 0 Å². The smallest absolute Gasteiger partial charge is 0.384 e. The van der Waals surface area contributed by atoms with E-state index in [2.05, 4.69) is 16.6 Å². The van der Waals surface area contributed by atoms with Crippen molar-refractivity contribution in [2.75, 3.05) is 14.2 Å². The van der Waals surface area contributed by atoms with Gasteiger partial charge in [0.25, 0.3) is 0 Å². The van der Waals surface area contributed by atoms with Crippen LogP contribution in [0.25, 0.3) is 0 Å². The molecule has 3 heteroatoms. The molecule has 0 atom stereocenters. The van der Waals surface area contributed by atoms with Gasteiger partial charge in [0.1, 0.15) is 5.75 Å². The first-order valence-electron chi connectivity index (χ1n) is 4.87. The molecular formula is C13H14O3. The Labute approximate surface area is 95.4 Å². The third-order valence-electron chi connectivity index (χ3n) is 2.09. The van der Waals surface area contributed by atoms with Gasteiger partial charge in [0, 0.05) is 17.9 Å². The van der Waals surface area contributed by atoms with Crippen molar-refractivity contribution in [2.24, 2.45) is 0 Å². The lowest BCUT2D eigenvalue weighted by Crippen LogP contribution is -1.96. The molecule has 0 saturated heterocycles. The lowest BCUT2D eigenvalue weighted by atomic mass is 10.1. The molecule has 0 fully saturated rings. The monoisotopic (exact) mass is 218 g/mol. The van der Waals surface area contributed by atoms with Crippen LogP contribution >= 0.6 is 0 Å². The van der Waals surface area contributed by atoms with E-state index in [9.17, 15) is 4.79 Å². The summed E-state index contributed by atoms with van der Waals surface area (Å²) in [6.45, 7) is 2.00. The summed E-state index contributed by atoms with van der Waals surface area (Å²) < 4.78 is 9.62. The Morgan fingerprint density at radius 1 is 1.38 bits per heavy atom. The molecule has 0 radical (unpaired) electrons. The molecular weight excluding hydrogens is 204 g/mol. The van der Waals surface area contributed by atoms with Crippen molar-refractivity contribution in [3.8, 4) is 17.6 Å². The fraction of sp³-hybridized carbons (Fsp3) is 0.308. The van der Waals surface area contributed by atoms with Crippen LogP contribution in [0.15, 0.2) is 18.2 Å². The molecule has 0 N–H and O–H groups in total. The zero-order chi connectivity index (χ0) is 12.0. The number of rotatable bonds is 2. The summed E-state index contributed by atoms with van der Waals surface area (Å²) >= 11 is 0. The van der Waals surface area contributed by atoms with E-state index in [1.807, 2.05) is 25.1 Å². The summed E-state index contributed by atoms with van der Waals surface area (Å²) in [6.07, 6.45) is 0.472. The van der Waals surface area contributed by atoms with E-state index in [4.69, 9.17) is 4.74 Å². The van der Waals surface area contributed by atoms with Crippen molar-refractivity contribution in [1.29, 1.82) is 0 Å². The molecule has 0 bridgehead atoms. The van der Waals surface area contributed by atoms with Crippen molar-refractivity contribution in [3.05, 3.63) is 29.3 Å². The van der Waals surface area contributed by atoms with E-state index < -0.39 is 5.97 Å². The third-order valence-corrected chi connectivity index (χ3v) is 2.09. The van der Waals surface area contributed by atoms with Crippen LogP contribution in [0, 0.1) is 18.8 Å². The Balaban J connectivity index is 2.82. The summed E-state index contributed by atoms with van der Waals surface area (Å²) in [5, 5.41) is 0. The second kappa shape index (κ2) is 5.82. The summed E-state index contributed by atoms with van der Waals surface area (Å²) in [5.41, 5.74) is 2.11. The largest absolute Gasteiger partial charge is 0.496 e. The van der Waals surface area contributed by atoms with Gasteiger partial charge in [-0.15, -0.1) is 0 Å². The normalized spacial score (nSPS) is 8.94. The van der Waals surface area contributed by atoms with Gasteiger partial charge < -0.3 is 9.47 Å². The Morgan fingerprint density at radius 2 is 2.12 bits per heavy atom. The standard InChI is InChI=1S/C13H14O3/c1-10-7-8-12(15-2)11(9-10)5-4-6-13(14)16-3/h7-9H,5H2,1-3H3. The van der Waals surface area contributed by atoms with E-state index in [1.54, 1.807) is 7.11 Å². The maximum atomic E-state index is 10.8. The van der Waals surface area contributed by atoms with Crippen LogP contribution in [0.3, 0.4) is 0 Å². The van der Waals surface area contributed by atoms with Gasteiger partial charge in [-0.1, -0.05) is 23.6 Å². The average molecular weight is 218 g/mol. The molecule has 0 aliphatic carbocycles. The Hall–Kier alpha value is -1.95. The second-order valence-corrected chi connectivity index (χ2v) is 3.29. The predicted molar refractivity (Wildman–Crippen MR) is 61.2 cm³/mol. The Bertz CT molecular complexity index is 438. The molecule has 0 spiro atoms. The number of carbonyl (C=O) groups excluding carboxylic acids is 1. The minimum atomic E-state index is -0.522. The van der Waals surface area contributed by atoms with E-state index >= 15 is 0 Å². The Kier molecular flexibility index (Phi) is 4.41. The van der Waals surface area contributed by atoms with Crippen LogP contribution in [0.4, 0.5) is 0 Å². The highest BCUT2D eigenvalue weighted by Crippen LogP contribution is 2.19. The number of carbonyl (C=O) groups is 1. The number of hydrogen-bond acceptors (Lipinski definition) is 3. The lowest BCUT2D eigenvalue weighted by Gasteiger charge is -2.06. The number of benzene rings is 1. The molecule has 84 valence electrons.